The number of rotatable bonds is 7. The minimum atomic E-state index is -0.435. The quantitative estimate of drug-likeness (QED) is 0.593. The molecule has 1 amide bonds. The van der Waals surface area contributed by atoms with Gasteiger partial charge in [0.15, 0.2) is 0 Å². The van der Waals surface area contributed by atoms with Gasteiger partial charge in [0.2, 0.25) is 5.91 Å². The van der Waals surface area contributed by atoms with E-state index in [1.807, 2.05) is 23.6 Å². The zero-order valence-electron chi connectivity index (χ0n) is 15.5. The molecule has 0 spiro atoms. The second-order valence-electron chi connectivity index (χ2n) is 5.18. The number of amides is 1. The van der Waals surface area contributed by atoms with Crippen molar-refractivity contribution in [2.75, 3.05) is 66.6 Å². The summed E-state index contributed by atoms with van der Waals surface area (Å²) in [7, 11) is 2.87. The number of nitrogens with zero attached hydrogens (tertiary/aromatic N) is 3. The van der Waals surface area contributed by atoms with Gasteiger partial charge in [0, 0.05) is 33.2 Å². The van der Waals surface area contributed by atoms with E-state index in [4.69, 9.17) is 4.74 Å². The van der Waals surface area contributed by atoms with Gasteiger partial charge in [-0.1, -0.05) is 13.8 Å². The Labute approximate surface area is 144 Å². The molecule has 8 nitrogen and oxygen atoms in total. The van der Waals surface area contributed by atoms with Crippen LogP contribution >= 0.6 is 0 Å². The van der Waals surface area contributed by atoms with Crippen LogP contribution in [0.2, 0.25) is 0 Å². The maximum Gasteiger partial charge on any atom is 0.325 e. The fourth-order valence-corrected chi connectivity index (χ4v) is 2.15. The van der Waals surface area contributed by atoms with Gasteiger partial charge in [-0.2, -0.15) is 0 Å². The molecule has 0 N–H and O–H groups in total. The standard InChI is InChI=1S/C14H25N3O5.C2H6/c1-4-22-14(20)11-17-7-5-16(6-8-17)9-12(18)15(2)10-13(19)21-3;1-2/h4-11H2,1-3H3;1-2H3. The van der Waals surface area contributed by atoms with Crippen LogP contribution in [0.4, 0.5) is 0 Å². The van der Waals surface area contributed by atoms with Crippen molar-refractivity contribution in [3.8, 4) is 0 Å². The summed E-state index contributed by atoms with van der Waals surface area (Å²) in [5.74, 6) is -0.774. The Balaban J connectivity index is 0.00000254. The van der Waals surface area contributed by atoms with E-state index >= 15 is 0 Å². The number of carbonyl (C=O) groups excluding carboxylic acids is 3. The molecule has 0 aromatic heterocycles. The van der Waals surface area contributed by atoms with Gasteiger partial charge in [0.25, 0.3) is 0 Å². The average Bonchev–Trinajstić information content (AvgIpc) is 2.58. The van der Waals surface area contributed by atoms with Gasteiger partial charge in [-0.25, -0.2) is 0 Å². The molecule has 1 heterocycles. The number of hydrogen-bond donors (Lipinski definition) is 0. The highest BCUT2D eigenvalue weighted by atomic mass is 16.5. The van der Waals surface area contributed by atoms with E-state index in [1.54, 1.807) is 14.0 Å². The van der Waals surface area contributed by atoms with E-state index in [-0.39, 0.29) is 31.5 Å². The van der Waals surface area contributed by atoms with E-state index in [2.05, 4.69) is 4.74 Å². The third-order valence-corrected chi connectivity index (χ3v) is 3.50. The third kappa shape index (κ3) is 8.83. The lowest BCUT2D eigenvalue weighted by atomic mass is 10.3. The number of carbonyl (C=O) groups is 3. The molecular formula is C16H31N3O5. The van der Waals surface area contributed by atoms with Crippen molar-refractivity contribution < 1.29 is 23.9 Å². The normalized spacial score (nSPS) is 15.0. The van der Waals surface area contributed by atoms with Gasteiger partial charge < -0.3 is 14.4 Å². The van der Waals surface area contributed by atoms with Gasteiger partial charge in [-0.3, -0.25) is 24.2 Å². The molecule has 8 heteroatoms. The van der Waals surface area contributed by atoms with Crippen molar-refractivity contribution in [1.82, 2.24) is 14.7 Å². The monoisotopic (exact) mass is 345 g/mol. The van der Waals surface area contributed by atoms with Crippen LogP contribution in [0.15, 0.2) is 0 Å². The van der Waals surface area contributed by atoms with Crippen molar-refractivity contribution >= 4 is 17.8 Å². The molecule has 0 bridgehead atoms. The number of methoxy groups -OCH3 is 1. The lowest BCUT2D eigenvalue weighted by molar-refractivity contribution is -0.146. The molecule has 1 aliphatic heterocycles. The summed E-state index contributed by atoms with van der Waals surface area (Å²) < 4.78 is 9.45. The Kier molecular flexibility index (Phi) is 11.8. The molecule has 1 aliphatic rings. The molecule has 1 fully saturated rings. The average molecular weight is 345 g/mol. The predicted octanol–water partition coefficient (Wildman–Crippen LogP) is -0.175. The number of ether oxygens (including phenoxy) is 2. The highest BCUT2D eigenvalue weighted by Crippen LogP contribution is 2.03. The largest absolute Gasteiger partial charge is 0.468 e. The molecule has 1 saturated heterocycles. The summed E-state index contributed by atoms with van der Waals surface area (Å²) in [5, 5.41) is 0. The van der Waals surface area contributed by atoms with Crippen molar-refractivity contribution in [3.63, 3.8) is 0 Å². The predicted molar refractivity (Wildman–Crippen MR) is 90.5 cm³/mol. The van der Waals surface area contributed by atoms with E-state index in [1.165, 1.54) is 12.0 Å². The first-order valence-corrected chi connectivity index (χ1v) is 8.37. The molecular weight excluding hydrogens is 314 g/mol. The zero-order valence-corrected chi connectivity index (χ0v) is 15.5. The molecule has 0 aromatic carbocycles. The van der Waals surface area contributed by atoms with Gasteiger partial charge in [0.05, 0.1) is 26.8 Å². The lowest BCUT2D eigenvalue weighted by Crippen LogP contribution is -2.51. The Morgan fingerprint density at radius 1 is 0.958 bits per heavy atom. The second-order valence-corrected chi connectivity index (χ2v) is 5.18. The number of hydrogen-bond acceptors (Lipinski definition) is 7. The zero-order chi connectivity index (χ0) is 18.5. The van der Waals surface area contributed by atoms with E-state index in [0.717, 1.165) is 0 Å². The first kappa shape index (κ1) is 22.3. The Morgan fingerprint density at radius 2 is 1.46 bits per heavy atom. The summed E-state index contributed by atoms with van der Waals surface area (Å²) in [6.07, 6.45) is 0. The third-order valence-electron chi connectivity index (χ3n) is 3.50. The first-order chi connectivity index (χ1) is 11.5. The molecule has 140 valence electrons. The molecule has 0 aromatic rings. The van der Waals surface area contributed by atoms with Crippen LogP contribution in [0.25, 0.3) is 0 Å². The van der Waals surface area contributed by atoms with Crippen molar-refractivity contribution in [3.05, 3.63) is 0 Å². The maximum absolute atomic E-state index is 12.0. The van der Waals surface area contributed by atoms with Gasteiger partial charge in [-0.05, 0) is 6.92 Å². The van der Waals surface area contributed by atoms with Crippen molar-refractivity contribution in [2.45, 2.75) is 20.8 Å². The summed E-state index contributed by atoms with van der Waals surface area (Å²) in [6.45, 7) is 9.52. The van der Waals surface area contributed by atoms with Crippen LogP contribution in [-0.4, -0.2) is 99.1 Å². The number of esters is 2. The number of piperazine rings is 1. The molecule has 0 saturated carbocycles. The van der Waals surface area contributed by atoms with Gasteiger partial charge in [-0.15, -0.1) is 0 Å². The van der Waals surface area contributed by atoms with Crippen LogP contribution in [-0.2, 0) is 23.9 Å². The molecule has 24 heavy (non-hydrogen) atoms. The molecule has 0 unspecified atom stereocenters. The topological polar surface area (TPSA) is 79.4 Å². The van der Waals surface area contributed by atoms with E-state index in [0.29, 0.717) is 32.8 Å². The Bertz CT molecular complexity index is 395. The summed E-state index contributed by atoms with van der Waals surface area (Å²) in [4.78, 5) is 39.9. The smallest absolute Gasteiger partial charge is 0.325 e. The highest BCUT2D eigenvalue weighted by molar-refractivity contribution is 5.83. The molecule has 1 rings (SSSR count). The van der Waals surface area contributed by atoms with Gasteiger partial charge in [0.1, 0.15) is 6.54 Å². The minimum Gasteiger partial charge on any atom is -0.468 e. The fourth-order valence-electron chi connectivity index (χ4n) is 2.15. The minimum absolute atomic E-state index is 0.0435. The summed E-state index contributed by atoms with van der Waals surface area (Å²) >= 11 is 0. The van der Waals surface area contributed by atoms with Crippen molar-refractivity contribution in [1.29, 1.82) is 0 Å². The van der Waals surface area contributed by atoms with Crippen LogP contribution in [0.5, 0.6) is 0 Å². The maximum atomic E-state index is 12.0. The van der Waals surface area contributed by atoms with Crippen molar-refractivity contribution in [2.24, 2.45) is 0 Å². The lowest BCUT2D eigenvalue weighted by Gasteiger charge is -2.34. The SMILES string of the molecule is CC.CCOC(=O)CN1CCN(CC(=O)N(C)CC(=O)OC)CC1. The summed E-state index contributed by atoms with van der Waals surface area (Å²) in [5.41, 5.74) is 0. The Hall–Kier alpha value is -1.67. The van der Waals surface area contributed by atoms with Crippen LogP contribution < -0.4 is 0 Å². The second kappa shape index (κ2) is 12.7. The van der Waals surface area contributed by atoms with Gasteiger partial charge >= 0.3 is 11.9 Å². The first-order valence-electron chi connectivity index (χ1n) is 8.37. The number of likely N-dealkylation sites (N-methyl/N-ethyl adjacent to an activating group) is 1. The molecule has 0 radical (unpaired) electrons. The van der Waals surface area contributed by atoms with E-state index in [9.17, 15) is 14.4 Å². The molecule has 0 atom stereocenters. The van der Waals surface area contributed by atoms with Crippen LogP contribution in [0.3, 0.4) is 0 Å². The summed E-state index contributed by atoms with van der Waals surface area (Å²) in [6, 6.07) is 0. The van der Waals surface area contributed by atoms with Crippen LogP contribution in [0, 0.1) is 0 Å². The van der Waals surface area contributed by atoms with E-state index < -0.39 is 5.97 Å². The Morgan fingerprint density at radius 3 is 1.92 bits per heavy atom. The van der Waals surface area contributed by atoms with Crippen LogP contribution in [0.1, 0.15) is 20.8 Å². The highest BCUT2D eigenvalue weighted by Gasteiger charge is 2.22. The molecule has 0 aliphatic carbocycles. The fraction of sp³-hybridized carbons (Fsp3) is 0.812.